The molecule has 3 nitrogen and oxygen atoms in total. The van der Waals surface area contributed by atoms with Crippen molar-refractivity contribution >= 4 is 0 Å². The van der Waals surface area contributed by atoms with Crippen LogP contribution in [0.25, 0.3) is 0 Å². The largest absolute Gasteiger partial charge is 0.326 e. The van der Waals surface area contributed by atoms with Gasteiger partial charge in [0.05, 0.1) is 0 Å². The molecule has 3 heteroatoms. The smallest absolute Gasteiger partial charge is 0.0221 e. The first-order chi connectivity index (χ1) is 10.2. The van der Waals surface area contributed by atoms with Crippen LogP contribution in [0.3, 0.4) is 0 Å². The molecule has 2 bridgehead atoms. The Bertz CT molecular complexity index is 320. The third-order valence-electron chi connectivity index (χ3n) is 6.38. The predicted octanol–water partition coefficient (Wildman–Crippen LogP) is 2.65. The molecular weight excluding hydrogens is 258 g/mol. The second-order valence-electron chi connectivity index (χ2n) is 8.01. The van der Waals surface area contributed by atoms with E-state index in [2.05, 4.69) is 17.6 Å². The van der Waals surface area contributed by atoms with Crippen LogP contribution in [-0.4, -0.2) is 31.2 Å². The van der Waals surface area contributed by atoms with Crippen molar-refractivity contribution in [1.29, 1.82) is 0 Å². The maximum absolute atomic E-state index is 6.50. The Morgan fingerprint density at radius 3 is 2.62 bits per heavy atom. The molecule has 2 heterocycles. The van der Waals surface area contributed by atoms with E-state index in [9.17, 15) is 0 Å². The lowest BCUT2D eigenvalue weighted by Gasteiger charge is -2.43. The van der Waals surface area contributed by atoms with Gasteiger partial charge in [-0.05, 0) is 69.4 Å². The molecule has 0 spiro atoms. The SMILES string of the molecule is C[C@@H]1CCC[C@H](N)C2CC(CCN2)C2CCCCC2NC1. The summed E-state index contributed by atoms with van der Waals surface area (Å²) in [6, 6.07) is 1.72. The molecule has 3 fully saturated rings. The molecule has 0 aromatic heterocycles. The van der Waals surface area contributed by atoms with Crippen molar-refractivity contribution < 1.29 is 0 Å². The number of rotatable bonds is 0. The monoisotopic (exact) mass is 293 g/mol. The molecule has 4 unspecified atom stereocenters. The molecule has 2 saturated heterocycles. The Kier molecular flexibility index (Phi) is 5.58. The fourth-order valence-corrected chi connectivity index (χ4v) is 5.03. The van der Waals surface area contributed by atoms with Crippen LogP contribution in [0.15, 0.2) is 0 Å². The molecule has 3 rings (SSSR count). The van der Waals surface area contributed by atoms with Crippen LogP contribution in [-0.2, 0) is 0 Å². The van der Waals surface area contributed by atoms with Gasteiger partial charge < -0.3 is 16.4 Å². The first-order valence-electron chi connectivity index (χ1n) is 9.46. The minimum atomic E-state index is 0.370. The minimum absolute atomic E-state index is 0.370. The molecule has 4 N–H and O–H groups in total. The molecule has 2 aliphatic heterocycles. The van der Waals surface area contributed by atoms with E-state index >= 15 is 0 Å². The van der Waals surface area contributed by atoms with Gasteiger partial charge in [0, 0.05) is 18.1 Å². The molecule has 0 aromatic carbocycles. The van der Waals surface area contributed by atoms with Crippen LogP contribution in [0.1, 0.15) is 64.7 Å². The first-order valence-corrected chi connectivity index (χ1v) is 9.46. The summed E-state index contributed by atoms with van der Waals surface area (Å²) < 4.78 is 0. The predicted molar refractivity (Wildman–Crippen MR) is 89.3 cm³/mol. The molecule has 1 aliphatic carbocycles. The highest BCUT2D eigenvalue weighted by Gasteiger charge is 2.36. The van der Waals surface area contributed by atoms with Gasteiger partial charge in [0.15, 0.2) is 0 Å². The summed E-state index contributed by atoms with van der Waals surface area (Å²) >= 11 is 0. The molecule has 21 heavy (non-hydrogen) atoms. The lowest BCUT2D eigenvalue weighted by molar-refractivity contribution is 0.125. The van der Waals surface area contributed by atoms with E-state index in [1.807, 2.05) is 0 Å². The zero-order valence-electron chi connectivity index (χ0n) is 13.8. The fourth-order valence-electron chi connectivity index (χ4n) is 5.03. The maximum atomic E-state index is 6.50. The Hall–Kier alpha value is -0.120. The van der Waals surface area contributed by atoms with Gasteiger partial charge in [-0.25, -0.2) is 0 Å². The van der Waals surface area contributed by atoms with Gasteiger partial charge in [0.25, 0.3) is 0 Å². The van der Waals surface area contributed by atoms with E-state index in [0.717, 1.165) is 23.8 Å². The molecule has 0 aromatic rings. The van der Waals surface area contributed by atoms with Crippen molar-refractivity contribution in [2.24, 2.45) is 23.5 Å². The zero-order chi connectivity index (χ0) is 14.7. The molecule has 0 radical (unpaired) electrons. The average molecular weight is 293 g/mol. The summed E-state index contributed by atoms with van der Waals surface area (Å²) in [5, 5.41) is 7.67. The van der Waals surface area contributed by atoms with Gasteiger partial charge in [0.1, 0.15) is 0 Å². The second kappa shape index (κ2) is 7.43. The second-order valence-corrected chi connectivity index (χ2v) is 8.01. The van der Waals surface area contributed by atoms with Crippen molar-refractivity contribution in [3.8, 4) is 0 Å². The topological polar surface area (TPSA) is 50.1 Å². The van der Waals surface area contributed by atoms with Gasteiger partial charge in [-0.2, -0.15) is 0 Å². The summed E-state index contributed by atoms with van der Waals surface area (Å²) in [7, 11) is 0. The summed E-state index contributed by atoms with van der Waals surface area (Å²) in [5.74, 6) is 2.60. The highest BCUT2D eigenvalue weighted by atomic mass is 15.0. The molecule has 3 aliphatic rings. The van der Waals surface area contributed by atoms with Gasteiger partial charge in [0.2, 0.25) is 0 Å². The third kappa shape index (κ3) is 4.00. The van der Waals surface area contributed by atoms with Crippen molar-refractivity contribution in [2.45, 2.75) is 82.8 Å². The molecule has 0 amide bonds. The molecule has 122 valence electrons. The fraction of sp³-hybridized carbons (Fsp3) is 1.00. The number of nitrogens with two attached hydrogens (primary N) is 1. The number of nitrogens with one attached hydrogen (secondary N) is 2. The maximum Gasteiger partial charge on any atom is 0.0221 e. The van der Waals surface area contributed by atoms with Crippen LogP contribution in [0, 0.1) is 17.8 Å². The van der Waals surface area contributed by atoms with E-state index in [1.54, 1.807) is 0 Å². The highest BCUT2D eigenvalue weighted by molar-refractivity contribution is 4.93. The quantitative estimate of drug-likeness (QED) is 0.643. The number of fused-ring (bicyclic) bond motifs is 4. The van der Waals surface area contributed by atoms with Gasteiger partial charge >= 0.3 is 0 Å². The van der Waals surface area contributed by atoms with E-state index in [1.165, 1.54) is 70.9 Å². The minimum Gasteiger partial charge on any atom is -0.326 e. The Labute approximate surface area is 130 Å². The van der Waals surface area contributed by atoms with Crippen LogP contribution in [0.4, 0.5) is 0 Å². The van der Waals surface area contributed by atoms with Crippen molar-refractivity contribution in [2.75, 3.05) is 13.1 Å². The lowest BCUT2D eigenvalue weighted by Crippen LogP contribution is -2.53. The summed E-state index contributed by atoms with van der Waals surface area (Å²) in [6.45, 7) is 4.80. The van der Waals surface area contributed by atoms with Crippen LogP contribution in [0.5, 0.6) is 0 Å². The van der Waals surface area contributed by atoms with E-state index in [0.29, 0.717) is 12.1 Å². The molecule has 1 saturated carbocycles. The van der Waals surface area contributed by atoms with Gasteiger partial charge in [-0.3, -0.25) is 0 Å². The van der Waals surface area contributed by atoms with Crippen molar-refractivity contribution in [3.63, 3.8) is 0 Å². The van der Waals surface area contributed by atoms with E-state index in [-0.39, 0.29) is 0 Å². The van der Waals surface area contributed by atoms with Crippen molar-refractivity contribution in [1.82, 2.24) is 10.6 Å². The first kappa shape index (κ1) is 15.8. The number of hydrogen-bond donors (Lipinski definition) is 3. The van der Waals surface area contributed by atoms with Crippen LogP contribution in [0.2, 0.25) is 0 Å². The number of piperidine rings is 1. The van der Waals surface area contributed by atoms with Crippen LogP contribution >= 0.6 is 0 Å². The molecule has 6 atom stereocenters. The van der Waals surface area contributed by atoms with Gasteiger partial charge in [-0.1, -0.05) is 26.2 Å². The Morgan fingerprint density at radius 1 is 0.857 bits per heavy atom. The van der Waals surface area contributed by atoms with Crippen LogP contribution < -0.4 is 16.4 Å². The summed E-state index contributed by atoms with van der Waals surface area (Å²) in [5.41, 5.74) is 6.50. The average Bonchev–Trinajstić information content (AvgIpc) is 2.52. The normalized spacial score (nSPS) is 46.0. The van der Waals surface area contributed by atoms with Gasteiger partial charge in [-0.15, -0.1) is 0 Å². The zero-order valence-corrected chi connectivity index (χ0v) is 13.8. The Balaban J connectivity index is 1.72. The van der Waals surface area contributed by atoms with E-state index in [4.69, 9.17) is 5.73 Å². The summed E-state index contributed by atoms with van der Waals surface area (Å²) in [6.07, 6.45) is 12.2. The highest BCUT2D eigenvalue weighted by Crippen LogP contribution is 2.37. The Morgan fingerprint density at radius 2 is 1.71 bits per heavy atom. The van der Waals surface area contributed by atoms with E-state index < -0.39 is 0 Å². The molecular formula is C18H35N3. The standard InChI is InChI=1S/C18H35N3/c1-13-5-4-7-16(19)18-11-14(9-10-20-18)15-6-2-3-8-17(15)21-12-13/h13-18,20-21H,2-12,19H2,1H3/t13-,14?,15?,16+,17?,18?/m1/s1. The summed E-state index contributed by atoms with van der Waals surface area (Å²) in [4.78, 5) is 0. The third-order valence-corrected chi connectivity index (χ3v) is 6.38. The lowest BCUT2D eigenvalue weighted by atomic mass is 9.70. The number of hydrogen-bond acceptors (Lipinski definition) is 3. The van der Waals surface area contributed by atoms with Crippen molar-refractivity contribution in [3.05, 3.63) is 0 Å².